The van der Waals surface area contributed by atoms with Crippen molar-refractivity contribution in [1.29, 1.82) is 0 Å². The van der Waals surface area contributed by atoms with E-state index < -0.39 is 0 Å². The summed E-state index contributed by atoms with van der Waals surface area (Å²) in [4.78, 5) is 0. The van der Waals surface area contributed by atoms with Gasteiger partial charge in [-0.1, -0.05) is 24.3 Å². The molecule has 2 nitrogen and oxygen atoms in total. The fourth-order valence-electron chi connectivity index (χ4n) is 1.67. The van der Waals surface area contributed by atoms with Crippen LogP contribution in [0.3, 0.4) is 0 Å². The maximum atomic E-state index is 5.42. The smallest absolute Gasteiger partial charge is 0.119 e. The van der Waals surface area contributed by atoms with Crippen molar-refractivity contribution >= 4 is 28.3 Å². The maximum Gasteiger partial charge on any atom is 0.119 e. The van der Waals surface area contributed by atoms with Gasteiger partial charge < -0.3 is 10.1 Å². The lowest BCUT2D eigenvalue weighted by Crippen LogP contribution is -2.01. The van der Waals surface area contributed by atoms with Crippen LogP contribution in [0.5, 0.6) is 5.75 Å². The van der Waals surface area contributed by atoms with Crippen molar-refractivity contribution in [2.24, 2.45) is 0 Å². The second-order valence-electron chi connectivity index (χ2n) is 3.91. The fourth-order valence-corrected chi connectivity index (χ4v) is 2.25. The minimum atomic E-state index is 0.708. The third-order valence-electron chi connectivity index (χ3n) is 2.59. The lowest BCUT2D eigenvalue weighted by Gasteiger charge is -2.09. The van der Waals surface area contributed by atoms with Crippen molar-refractivity contribution in [2.45, 2.75) is 13.5 Å². The molecular weight excluding hydrogens is 337 g/mol. The molecule has 2 aromatic rings. The molecule has 2 rings (SSSR count). The second-order valence-corrected chi connectivity index (χ2v) is 5.07. The minimum Gasteiger partial charge on any atom is -0.494 e. The Morgan fingerprint density at radius 2 is 1.78 bits per heavy atom. The van der Waals surface area contributed by atoms with Crippen molar-refractivity contribution in [1.82, 2.24) is 0 Å². The van der Waals surface area contributed by atoms with Crippen LogP contribution in [0.15, 0.2) is 48.5 Å². The number of anilines is 1. The minimum absolute atomic E-state index is 0.708. The third kappa shape index (κ3) is 3.63. The van der Waals surface area contributed by atoms with Crippen LogP contribution in [0.4, 0.5) is 5.69 Å². The Hall–Kier alpha value is -1.23. The number of rotatable bonds is 5. The number of nitrogens with one attached hydrogen (secondary N) is 1. The molecule has 0 amide bonds. The number of hydrogen-bond acceptors (Lipinski definition) is 2. The van der Waals surface area contributed by atoms with E-state index in [0.717, 1.165) is 12.3 Å². The Morgan fingerprint density at radius 1 is 1.06 bits per heavy atom. The topological polar surface area (TPSA) is 21.3 Å². The first-order valence-electron chi connectivity index (χ1n) is 5.99. The lowest BCUT2D eigenvalue weighted by atomic mass is 10.2. The summed E-state index contributed by atoms with van der Waals surface area (Å²) in [6.45, 7) is 3.53. The van der Waals surface area contributed by atoms with Crippen LogP contribution in [0.1, 0.15) is 12.5 Å². The Bertz CT molecular complexity index is 496. The van der Waals surface area contributed by atoms with Crippen molar-refractivity contribution < 1.29 is 4.74 Å². The van der Waals surface area contributed by atoms with Gasteiger partial charge in [0.2, 0.25) is 0 Å². The van der Waals surface area contributed by atoms with Gasteiger partial charge in [-0.15, -0.1) is 0 Å². The summed E-state index contributed by atoms with van der Waals surface area (Å²) in [5, 5.41) is 3.43. The van der Waals surface area contributed by atoms with Crippen LogP contribution in [-0.2, 0) is 6.54 Å². The quantitative estimate of drug-likeness (QED) is 0.810. The zero-order valence-corrected chi connectivity index (χ0v) is 12.5. The molecular formula is C15H16INO. The fraction of sp³-hybridized carbons (Fsp3) is 0.200. The molecule has 0 unspecified atom stereocenters. The number of halogens is 1. The van der Waals surface area contributed by atoms with E-state index in [9.17, 15) is 0 Å². The van der Waals surface area contributed by atoms with E-state index in [1.165, 1.54) is 14.8 Å². The lowest BCUT2D eigenvalue weighted by molar-refractivity contribution is 0.340. The maximum absolute atomic E-state index is 5.42. The van der Waals surface area contributed by atoms with E-state index >= 15 is 0 Å². The normalized spacial score (nSPS) is 10.1. The Balaban J connectivity index is 1.96. The first-order chi connectivity index (χ1) is 8.79. The van der Waals surface area contributed by atoms with Crippen LogP contribution in [-0.4, -0.2) is 6.61 Å². The van der Waals surface area contributed by atoms with Crippen molar-refractivity contribution in [3.8, 4) is 5.75 Å². The highest BCUT2D eigenvalue weighted by atomic mass is 127. The number of hydrogen-bond donors (Lipinski definition) is 1. The van der Waals surface area contributed by atoms with E-state index in [2.05, 4.69) is 52.2 Å². The van der Waals surface area contributed by atoms with Gasteiger partial charge in [0.05, 0.1) is 6.61 Å². The summed E-state index contributed by atoms with van der Waals surface area (Å²) in [5.41, 5.74) is 2.42. The Kier molecular flexibility index (Phi) is 4.87. The standard InChI is InChI=1S/C15H16INO/c1-2-18-13-9-7-12(8-10-13)11-17-15-6-4-3-5-14(15)16/h3-10,17H,2,11H2,1H3. The van der Waals surface area contributed by atoms with Crippen LogP contribution >= 0.6 is 22.6 Å². The van der Waals surface area contributed by atoms with Gasteiger partial charge in [0.25, 0.3) is 0 Å². The zero-order chi connectivity index (χ0) is 12.8. The first-order valence-corrected chi connectivity index (χ1v) is 7.07. The summed E-state index contributed by atoms with van der Waals surface area (Å²) in [5.74, 6) is 0.926. The molecule has 94 valence electrons. The molecule has 0 radical (unpaired) electrons. The number of ether oxygens (including phenoxy) is 1. The van der Waals surface area contributed by atoms with E-state index in [4.69, 9.17) is 4.74 Å². The molecule has 0 saturated heterocycles. The summed E-state index contributed by atoms with van der Waals surface area (Å²) in [6, 6.07) is 16.5. The third-order valence-corrected chi connectivity index (χ3v) is 3.53. The molecule has 0 aliphatic rings. The molecule has 0 fully saturated rings. The summed E-state index contributed by atoms with van der Waals surface area (Å²) < 4.78 is 6.66. The van der Waals surface area contributed by atoms with Gasteiger partial charge in [-0.25, -0.2) is 0 Å². The van der Waals surface area contributed by atoms with Crippen LogP contribution in [0.25, 0.3) is 0 Å². The van der Waals surface area contributed by atoms with E-state index in [1.807, 2.05) is 31.2 Å². The molecule has 1 N–H and O–H groups in total. The molecule has 0 aromatic heterocycles. The molecule has 0 aliphatic heterocycles. The highest BCUT2D eigenvalue weighted by Gasteiger charge is 1.98. The van der Waals surface area contributed by atoms with Crippen molar-refractivity contribution in [3.05, 3.63) is 57.7 Å². The summed E-state index contributed by atoms with van der Waals surface area (Å²) in [6.07, 6.45) is 0. The van der Waals surface area contributed by atoms with Crippen LogP contribution in [0, 0.1) is 3.57 Å². The van der Waals surface area contributed by atoms with Crippen LogP contribution < -0.4 is 10.1 Å². The molecule has 2 aromatic carbocycles. The molecule has 0 spiro atoms. The number of benzene rings is 2. The average molecular weight is 353 g/mol. The van der Waals surface area contributed by atoms with Crippen molar-refractivity contribution in [3.63, 3.8) is 0 Å². The summed E-state index contributed by atoms with van der Waals surface area (Å²) in [7, 11) is 0. The van der Waals surface area contributed by atoms with Crippen LogP contribution in [0.2, 0.25) is 0 Å². The second kappa shape index (κ2) is 6.64. The average Bonchev–Trinajstić information content (AvgIpc) is 2.40. The highest BCUT2D eigenvalue weighted by molar-refractivity contribution is 14.1. The number of para-hydroxylation sites is 1. The predicted octanol–water partition coefficient (Wildman–Crippen LogP) is 4.30. The SMILES string of the molecule is CCOc1ccc(CNc2ccccc2I)cc1. The first kappa shape index (κ1) is 13.2. The van der Waals surface area contributed by atoms with Gasteiger partial charge in [0, 0.05) is 15.8 Å². The molecule has 3 heteroatoms. The van der Waals surface area contributed by atoms with E-state index in [-0.39, 0.29) is 0 Å². The van der Waals surface area contributed by atoms with Gasteiger partial charge >= 0.3 is 0 Å². The molecule has 0 aliphatic carbocycles. The zero-order valence-electron chi connectivity index (χ0n) is 10.3. The summed E-state index contributed by atoms with van der Waals surface area (Å²) >= 11 is 2.34. The molecule has 0 saturated carbocycles. The molecule has 0 atom stereocenters. The van der Waals surface area contributed by atoms with Gasteiger partial charge in [-0.05, 0) is 59.3 Å². The molecule has 0 bridgehead atoms. The predicted molar refractivity (Wildman–Crippen MR) is 84.1 cm³/mol. The van der Waals surface area contributed by atoms with E-state index in [1.54, 1.807) is 0 Å². The van der Waals surface area contributed by atoms with Gasteiger partial charge in [-0.3, -0.25) is 0 Å². The molecule has 0 heterocycles. The van der Waals surface area contributed by atoms with Crippen molar-refractivity contribution in [2.75, 3.05) is 11.9 Å². The monoisotopic (exact) mass is 353 g/mol. The largest absolute Gasteiger partial charge is 0.494 e. The van der Waals surface area contributed by atoms with Gasteiger partial charge in [0.15, 0.2) is 0 Å². The Morgan fingerprint density at radius 3 is 2.44 bits per heavy atom. The van der Waals surface area contributed by atoms with Gasteiger partial charge in [0.1, 0.15) is 5.75 Å². The van der Waals surface area contributed by atoms with Gasteiger partial charge in [-0.2, -0.15) is 0 Å². The Labute approximate surface area is 122 Å². The highest BCUT2D eigenvalue weighted by Crippen LogP contribution is 2.18. The molecule has 18 heavy (non-hydrogen) atoms. The van der Waals surface area contributed by atoms with E-state index in [0.29, 0.717) is 6.61 Å².